The van der Waals surface area contributed by atoms with Crippen LogP contribution in [0.1, 0.15) is 18.5 Å². The highest BCUT2D eigenvalue weighted by Crippen LogP contribution is 2.17. The average molecular weight is 280 g/mol. The molecule has 0 aromatic carbocycles. The minimum Gasteiger partial charge on any atom is -0.481 e. The van der Waals surface area contributed by atoms with Gasteiger partial charge in [0, 0.05) is 45.0 Å². The molecule has 1 aliphatic heterocycles. The lowest BCUT2D eigenvalue weighted by Crippen LogP contribution is -2.46. The SMILES string of the molecule is Cn1nccc1CCNC(=O)N1CCC(C(=O)O)CC1. The second-order valence-electron chi connectivity index (χ2n) is 5.03. The van der Waals surface area contributed by atoms with E-state index >= 15 is 0 Å². The van der Waals surface area contributed by atoms with Crippen LogP contribution in [0.15, 0.2) is 12.3 Å². The van der Waals surface area contributed by atoms with Crippen molar-refractivity contribution in [1.29, 1.82) is 0 Å². The first-order valence-corrected chi connectivity index (χ1v) is 6.80. The van der Waals surface area contributed by atoms with Crippen LogP contribution >= 0.6 is 0 Å². The molecule has 7 heteroatoms. The minimum absolute atomic E-state index is 0.115. The van der Waals surface area contributed by atoms with Gasteiger partial charge >= 0.3 is 12.0 Å². The number of carboxylic acid groups (broad SMARTS) is 1. The second kappa shape index (κ2) is 6.40. The number of piperidine rings is 1. The van der Waals surface area contributed by atoms with E-state index in [0.29, 0.717) is 32.5 Å². The van der Waals surface area contributed by atoms with Gasteiger partial charge in [0.05, 0.1) is 5.92 Å². The van der Waals surface area contributed by atoms with Gasteiger partial charge in [0.25, 0.3) is 0 Å². The number of carbonyl (C=O) groups excluding carboxylic acids is 1. The summed E-state index contributed by atoms with van der Waals surface area (Å²) in [5.74, 6) is -1.07. The quantitative estimate of drug-likeness (QED) is 0.839. The van der Waals surface area contributed by atoms with Gasteiger partial charge in [-0.15, -0.1) is 0 Å². The maximum Gasteiger partial charge on any atom is 0.317 e. The monoisotopic (exact) mass is 280 g/mol. The molecule has 1 fully saturated rings. The molecule has 0 atom stereocenters. The Bertz CT molecular complexity index is 478. The number of carbonyl (C=O) groups is 2. The second-order valence-corrected chi connectivity index (χ2v) is 5.03. The Morgan fingerprint density at radius 2 is 2.15 bits per heavy atom. The summed E-state index contributed by atoms with van der Waals surface area (Å²) in [6.45, 7) is 1.57. The summed E-state index contributed by atoms with van der Waals surface area (Å²) in [7, 11) is 1.87. The van der Waals surface area contributed by atoms with Crippen molar-refractivity contribution in [3.8, 4) is 0 Å². The van der Waals surface area contributed by atoms with Gasteiger partial charge in [0.2, 0.25) is 0 Å². The molecule has 1 aromatic rings. The molecule has 2 rings (SSSR count). The molecule has 0 bridgehead atoms. The van der Waals surface area contributed by atoms with Crippen molar-refractivity contribution in [3.05, 3.63) is 18.0 Å². The molecule has 0 spiro atoms. The highest BCUT2D eigenvalue weighted by Gasteiger charge is 2.26. The van der Waals surface area contributed by atoms with Crippen LogP contribution in [0.25, 0.3) is 0 Å². The summed E-state index contributed by atoms with van der Waals surface area (Å²) >= 11 is 0. The molecule has 1 aromatic heterocycles. The molecule has 20 heavy (non-hydrogen) atoms. The number of amides is 2. The van der Waals surface area contributed by atoms with Crippen molar-refractivity contribution in [2.75, 3.05) is 19.6 Å². The lowest BCUT2D eigenvalue weighted by Gasteiger charge is -2.30. The predicted molar refractivity (Wildman–Crippen MR) is 72.2 cm³/mol. The Hall–Kier alpha value is -2.05. The normalized spacial score (nSPS) is 16.1. The lowest BCUT2D eigenvalue weighted by atomic mass is 9.97. The summed E-state index contributed by atoms with van der Waals surface area (Å²) < 4.78 is 1.78. The largest absolute Gasteiger partial charge is 0.481 e. The standard InChI is InChI=1S/C13H20N4O3/c1-16-11(3-7-15-16)2-6-14-13(20)17-8-4-10(5-9-17)12(18)19/h3,7,10H,2,4-6,8-9H2,1H3,(H,14,20)(H,18,19). The zero-order valence-electron chi connectivity index (χ0n) is 11.6. The summed E-state index contributed by atoms with van der Waals surface area (Å²) in [6.07, 6.45) is 3.52. The van der Waals surface area contributed by atoms with Gasteiger partial charge in [0.1, 0.15) is 0 Å². The Kier molecular flexibility index (Phi) is 4.60. The van der Waals surface area contributed by atoms with Crippen LogP contribution in [-0.4, -0.2) is 51.4 Å². The Labute approximate surface area is 117 Å². The predicted octanol–water partition coefficient (Wildman–Crippen LogP) is 0.469. The van der Waals surface area contributed by atoms with E-state index < -0.39 is 5.97 Å². The number of hydrogen-bond donors (Lipinski definition) is 2. The lowest BCUT2D eigenvalue weighted by molar-refractivity contribution is -0.143. The van der Waals surface area contributed by atoms with Crippen molar-refractivity contribution in [2.24, 2.45) is 13.0 Å². The highest BCUT2D eigenvalue weighted by atomic mass is 16.4. The minimum atomic E-state index is -0.763. The number of aryl methyl sites for hydroxylation is 1. The number of aromatic nitrogens is 2. The summed E-state index contributed by atoms with van der Waals surface area (Å²) in [5, 5.41) is 15.8. The first kappa shape index (κ1) is 14.4. The van der Waals surface area contributed by atoms with Crippen LogP contribution in [0.4, 0.5) is 4.79 Å². The van der Waals surface area contributed by atoms with Crippen LogP contribution in [0.3, 0.4) is 0 Å². The molecule has 2 amide bonds. The number of rotatable bonds is 4. The molecule has 1 saturated heterocycles. The zero-order chi connectivity index (χ0) is 14.5. The maximum atomic E-state index is 11.9. The fraction of sp³-hybridized carbons (Fsp3) is 0.615. The number of urea groups is 1. The van der Waals surface area contributed by atoms with Gasteiger partial charge < -0.3 is 15.3 Å². The number of hydrogen-bond acceptors (Lipinski definition) is 3. The number of nitrogens with zero attached hydrogens (tertiary/aromatic N) is 3. The average Bonchev–Trinajstić information content (AvgIpc) is 2.84. The molecule has 0 aliphatic carbocycles. The molecule has 1 aliphatic rings. The van der Waals surface area contributed by atoms with Gasteiger partial charge in [-0.05, 0) is 18.9 Å². The first-order chi connectivity index (χ1) is 9.58. The number of nitrogens with one attached hydrogen (secondary N) is 1. The van der Waals surface area contributed by atoms with Crippen molar-refractivity contribution in [3.63, 3.8) is 0 Å². The number of aliphatic carboxylic acids is 1. The van der Waals surface area contributed by atoms with E-state index in [4.69, 9.17) is 5.11 Å². The third-order valence-corrected chi connectivity index (χ3v) is 3.71. The van der Waals surface area contributed by atoms with E-state index in [-0.39, 0.29) is 11.9 Å². The fourth-order valence-corrected chi connectivity index (χ4v) is 2.39. The van der Waals surface area contributed by atoms with E-state index in [1.807, 2.05) is 13.1 Å². The van der Waals surface area contributed by atoms with Crippen molar-refractivity contribution in [2.45, 2.75) is 19.3 Å². The van der Waals surface area contributed by atoms with E-state index in [1.54, 1.807) is 15.8 Å². The summed E-state index contributed by atoms with van der Waals surface area (Å²) in [5.41, 5.74) is 1.06. The highest BCUT2D eigenvalue weighted by molar-refractivity contribution is 5.75. The molecule has 0 unspecified atom stereocenters. The van der Waals surface area contributed by atoms with Crippen molar-refractivity contribution in [1.82, 2.24) is 20.0 Å². The molecule has 2 N–H and O–H groups in total. The summed E-state index contributed by atoms with van der Waals surface area (Å²) in [4.78, 5) is 24.5. The van der Waals surface area contributed by atoms with Crippen LogP contribution in [-0.2, 0) is 18.3 Å². The van der Waals surface area contributed by atoms with Crippen LogP contribution < -0.4 is 5.32 Å². The van der Waals surface area contributed by atoms with Crippen molar-refractivity contribution >= 4 is 12.0 Å². The van der Waals surface area contributed by atoms with E-state index in [0.717, 1.165) is 12.1 Å². The van der Waals surface area contributed by atoms with E-state index in [2.05, 4.69) is 10.4 Å². The third kappa shape index (κ3) is 3.49. The Balaban J connectivity index is 1.71. The zero-order valence-corrected chi connectivity index (χ0v) is 11.6. The van der Waals surface area contributed by atoms with Gasteiger partial charge in [-0.2, -0.15) is 5.10 Å². The summed E-state index contributed by atoms with van der Waals surface area (Å²) in [6, 6.07) is 1.81. The van der Waals surface area contributed by atoms with E-state index in [9.17, 15) is 9.59 Å². The number of carboxylic acids is 1. The van der Waals surface area contributed by atoms with Crippen LogP contribution in [0, 0.1) is 5.92 Å². The van der Waals surface area contributed by atoms with Crippen LogP contribution in [0.5, 0.6) is 0 Å². The number of likely N-dealkylation sites (tertiary alicyclic amines) is 1. The van der Waals surface area contributed by atoms with Gasteiger partial charge in [-0.3, -0.25) is 9.48 Å². The third-order valence-electron chi connectivity index (χ3n) is 3.71. The first-order valence-electron chi connectivity index (χ1n) is 6.80. The molecule has 2 heterocycles. The Morgan fingerprint density at radius 1 is 1.45 bits per heavy atom. The van der Waals surface area contributed by atoms with Crippen molar-refractivity contribution < 1.29 is 14.7 Å². The molecule has 0 radical (unpaired) electrons. The van der Waals surface area contributed by atoms with Gasteiger partial charge in [0.15, 0.2) is 0 Å². The smallest absolute Gasteiger partial charge is 0.317 e. The Morgan fingerprint density at radius 3 is 2.70 bits per heavy atom. The van der Waals surface area contributed by atoms with Gasteiger partial charge in [-0.25, -0.2) is 4.79 Å². The molecular weight excluding hydrogens is 260 g/mol. The topological polar surface area (TPSA) is 87.5 Å². The molecule has 0 saturated carbocycles. The fourth-order valence-electron chi connectivity index (χ4n) is 2.39. The maximum absolute atomic E-state index is 11.9. The molecule has 7 nitrogen and oxygen atoms in total. The molecular formula is C13H20N4O3. The van der Waals surface area contributed by atoms with Gasteiger partial charge in [-0.1, -0.05) is 0 Å². The van der Waals surface area contributed by atoms with E-state index in [1.165, 1.54) is 0 Å². The molecule has 110 valence electrons. The van der Waals surface area contributed by atoms with Crippen LogP contribution in [0.2, 0.25) is 0 Å².